The molecule has 0 saturated heterocycles. The van der Waals surface area contributed by atoms with Crippen LogP contribution in [0.25, 0.3) is 0 Å². The van der Waals surface area contributed by atoms with Gasteiger partial charge in [0.05, 0.1) is 10.9 Å². The van der Waals surface area contributed by atoms with Crippen LogP contribution in [0.5, 0.6) is 11.5 Å². The number of carbonyl (C=O) groups is 1. The summed E-state index contributed by atoms with van der Waals surface area (Å²) in [5.74, 6) is -3.34. The van der Waals surface area contributed by atoms with Gasteiger partial charge in [0.1, 0.15) is 0 Å². The number of phenols is 2. The first-order valence-corrected chi connectivity index (χ1v) is 5.79. The van der Waals surface area contributed by atoms with Crippen molar-refractivity contribution in [3.05, 3.63) is 21.9 Å². The molecule has 0 heterocycles. The summed E-state index contributed by atoms with van der Waals surface area (Å²) in [5.41, 5.74) is -0.394. The van der Waals surface area contributed by atoms with Crippen LogP contribution in [-0.4, -0.2) is 21.3 Å². The van der Waals surface area contributed by atoms with Crippen LogP contribution in [0.2, 0.25) is 0 Å². The van der Waals surface area contributed by atoms with Gasteiger partial charge in [-0.25, -0.2) is 4.39 Å². The number of hydrogen-bond donors (Lipinski definition) is 3. The van der Waals surface area contributed by atoms with E-state index in [0.717, 1.165) is 0 Å². The molecule has 0 unspecified atom stereocenters. The van der Waals surface area contributed by atoms with Gasteiger partial charge < -0.3 is 15.3 Å². The summed E-state index contributed by atoms with van der Waals surface area (Å²) in [6, 6.07) is 1.33. The van der Waals surface area contributed by atoms with E-state index in [1.165, 1.54) is 6.07 Å². The van der Waals surface area contributed by atoms with E-state index in [0.29, 0.717) is 12.8 Å². The number of aromatic hydroxyl groups is 2. The molecular formula is C11H10BrFO4. The van der Waals surface area contributed by atoms with E-state index in [2.05, 4.69) is 15.9 Å². The molecule has 17 heavy (non-hydrogen) atoms. The SMILES string of the molecule is O=C(O)CC1(c2cc(Br)c(F)c(O)c2O)CC1. The topological polar surface area (TPSA) is 77.8 Å². The van der Waals surface area contributed by atoms with E-state index in [-0.39, 0.29) is 16.5 Å². The molecule has 1 saturated carbocycles. The summed E-state index contributed by atoms with van der Waals surface area (Å²) in [6.07, 6.45) is 1.06. The number of rotatable bonds is 3. The van der Waals surface area contributed by atoms with Gasteiger partial charge in [-0.05, 0) is 34.8 Å². The van der Waals surface area contributed by atoms with Crippen LogP contribution < -0.4 is 0 Å². The number of phenolic OH excluding ortho intramolecular Hbond substituents is 2. The Morgan fingerprint density at radius 3 is 2.47 bits per heavy atom. The van der Waals surface area contributed by atoms with Gasteiger partial charge in [0.2, 0.25) is 0 Å². The number of benzene rings is 1. The third-order valence-corrected chi connectivity index (χ3v) is 3.66. The molecule has 92 valence electrons. The van der Waals surface area contributed by atoms with Gasteiger partial charge in [-0.2, -0.15) is 0 Å². The summed E-state index contributed by atoms with van der Waals surface area (Å²) in [5, 5.41) is 27.9. The monoisotopic (exact) mass is 304 g/mol. The molecule has 0 aromatic heterocycles. The molecule has 0 spiro atoms. The van der Waals surface area contributed by atoms with Crippen molar-refractivity contribution >= 4 is 21.9 Å². The second kappa shape index (κ2) is 3.87. The molecule has 3 N–H and O–H groups in total. The molecule has 6 heteroatoms. The van der Waals surface area contributed by atoms with E-state index in [1.54, 1.807) is 0 Å². The molecule has 1 aromatic rings. The fourth-order valence-electron chi connectivity index (χ4n) is 1.99. The lowest BCUT2D eigenvalue weighted by Gasteiger charge is -2.16. The van der Waals surface area contributed by atoms with E-state index < -0.39 is 28.7 Å². The van der Waals surface area contributed by atoms with Crippen LogP contribution >= 0.6 is 15.9 Å². The fraction of sp³-hybridized carbons (Fsp3) is 0.364. The summed E-state index contributed by atoms with van der Waals surface area (Å²) >= 11 is 2.92. The molecule has 4 nitrogen and oxygen atoms in total. The van der Waals surface area contributed by atoms with Crippen molar-refractivity contribution in [2.24, 2.45) is 0 Å². The highest BCUT2D eigenvalue weighted by atomic mass is 79.9. The minimum Gasteiger partial charge on any atom is -0.504 e. The molecule has 0 amide bonds. The van der Waals surface area contributed by atoms with E-state index in [4.69, 9.17) is 5.11 Å². The first kappa shape index (κ1) is 12.2. The Hall–Kier alpha value is -1.30. The maximum atomic E-state index is 13.3. The molecule has 0 atom stereocenters. The Balaban J connectivity index is 2.50. The molecule has 0 bridgehead atoms. The lowest BCUT2D eigenvalue weighted by atomic mass is 9.91. The van der Waals surface area contributed by atoms with Gasteiger partial charge in [0, 0.05) is 11.0 Å². The Morgan fingerprint density at radius 1 is 1.41 bits per heavy atom. The third-order valence-electron chi connectivity index (χ3n) is 3.08. The predicted octanol–water partition coefficient (Wildman–Crippen LogP) is 2.51. The smallest absolute Gasteiger partial charge is 0.304 e. The summed E-state index contributed by atoms with van der Waals surface area (Å²) < 4.78 is 13.3. The molecule has 1 fully saturated rings. The molecule has 2 rings (SSSR count). The average Bonchev–Trinajstić information content (AvgIpc) is 3.00. The molecular weight excluding hydrogens is 295 g/mol. The van der Waals surface area contributed by atoms with Gasteiger partial charge in [0.25, 0.3) is 0 Å². The quantitative estimate of drug-likeness (QED) is 0.750. The first-order valence-electron chi connectivity index (χ1n) is 4.99. The zero-order chi connectivity index (χ0) is 12.8. The van der Waals surface area contributed by atoms with Crippen LogP contribution in [0, 0.1) is 5.82 Å². The third kappa shape index (κ3) is 1.97. The molecule has 0 aliphatic heterocycles. The second-order valence-corrected chi connectivity index (χ2v) is 5.12. The Bertz CT molecular complexity index is 497. The number of carboxylic acids is 1. The molecule has 0 radical (unpaired) electrons. The molecule has 1 aromatic carbocycles. The standard InChI is InChI=1S/C11H10BrFO4/c12-6-3-5(9(16)10(17)8(6)13)11(1-2-11)4-7(14)15/h3,16-17H,1-2,4H2,(H,14,15). The van der Waals surface area contributed by atoms with E-state index in [1.807, 2.05) is 0 Å². The highest BCUT2D eigenvalue weighted by molar-refractivity contribution is 9.10. The Labute approximate surface area is 105 Å². The largest absolute Gasteiger partial charge is 0.504 e. The highest BCUT2D eigenvalue weighted by Gasteiger charge is 2.48. The van der Waals surface area contributed by atoms with Gasteiger partial charge in [-0.15, -0.1) is 0 Å². The predicted molar refractivity (Wildman–Crippen MR) is 60.6 cm³/mol. The summed E-state index contributed by atoms with van der Waals surface area (Å²) in [4.78, 5) is 10.7. The van der Waals surface area contributed by atoms with E-state index >= 15 is 0 Å². The van der Waals surface area contributed by atoms with Crippen LogP contribution in [0.1, 0.15) is 24.8 Å². The number of carboxylic acid groups (broad SMARTS) is 1. The van der Waals surface area contributed by atoms with Crippen molar-refractivity contribution < 1.29 is 24.5 Å². The summed E-state index contributed by atoms with van der Waals surface area (Å²) in [7, 11) is 0. The van der Waals surface area contributed by atoms with Crippen LogP contribution in [0.4, 0.5) is 4.39 Å². The van der Waals surface area contributed by atoms with Crippen molar-refractivity contribution in [2.45, 2.75) is 24.7 Å². The summed E-state index contributed by atoms with van der Waals surface area (Å²) in [6.45, 7) is 0. The number of aliphatic carboxylic acids is 1. The Morgan fingerprint density at radius 2 is 2.00 bits per heavy atom. The lowest BCUT2D eigenvalue weighted by Crippen LogP contribution is -2.13. The zero-order valence-electron chi connectivity index (χ0n) is 8.70. The van der Waals surface area contributed by atoms with Crippen LogP contribution in [0.15, 0.2) is 10.5 Å². The number of hydrogen-bond acceptors (Lipinski definition) is 3. The van der Waals surface area contributed by atoms with Gasteiger partial charge in [-0.3, -0.25) is 4.79 Å². The van der Waals surface area contributed by atoms with Gasteiger partial charge in [0.15, 0.2) is 17.3 Å². The second-order valence-electron chi connectivity index (χ2n) is 4.27. The van der Waals surface area contributed by atoms with Crippen LogP contribution in [0.3, 0.4) is 0 Å². The number of halogens is 2. The van der Waals surface area contributed by atoms with Crippen molar-refractivity contribution in [3.63, 3.8) is 0 Å². The zero-order valence-corrected chi connectivity index (χ0v) is 10.3. The van der Waals surface area contributed by atoms with Crippen molar-refractivity contribution in [1.29, 1.82) is 0 Å². The minimum absolute atomic E-state index is 0.0134. The normalized spacial score (nSPS) is 16.8. The first-order chi connectivity index (χ1) is 7.87. The Kier molecular flexibility index (Phi) is 2.77. The minimum atomic E-state index is -0.984. The fourth-order valence-corrected chi connectivity index (χ4v) is 2.41. The molecule has 1 aliphatic carbocycles. The van der Waals surface area contributed by atoms with Crippen LogP contribution in [-0.2, 0) is 10.2 Å². The molecule has 1 aliphatic rings. The van der Waals surface area contributed by atoms with Crippen molar-refractivity contribution in [3.8, 4) is 11.5 Å². The lowest BCUT2D eigenvalue weighted by molar-refractivity contribution is -0.137. The van der Waals surface area contributed by atoms with Gasteiger partial charge in [-0.1, -0.05) is 0 Å². The highest BCUT2D eigenvalue weighted by Crippen LogP contribution is 2.56. The van der Waals surface area contributed by atoms with Crippen molar-refractivity contribution in [1.82, 2.24) is 0 Å². The van der Waals surface area contributed by atoms with Gasteiger partial charge >= 0.3 is 5.97 Å². The maximum absolute atomic E-state index is 13.3. The average molecular weight is 305 g/mol. The van der Waals surface area contributed by atoms with E-state index in [9.17, 15) is 19.4 Å². The van der Waals surface area contributed by atoms with Crippen molar-refractivity contribution in [2.75, 3.05) is 0 Å². The maximum Gasteiger partial charge on any atom is 0.304 e.